The summed E-state index contributed by atoms with van der Waals surface area (Å²) < 4.78 is 10.6. The van der Waals surface area contributed by atoms with Crippen LogP contribution >= 0.6 is 0 Å². The van der Waals surface area contributed by atoms with E-state index in [1.165, 1.54) is 0 Å². The third-order valence-electron chi connectivity index (χ3n) is 4.90. The number of ether oxygens (including phenoxy) is 1. The van der Waals surface area contributed by atoms with Gasteiger partial charge in [-0.15, -0.1) is 0 Å². The number of nitrogens with one attached hydrogen (secondary N) is 1. The summed E-state index contributed by atoms with van der Waals surface area (Å²) in [5.41, 5.74) is 1.86. The molecule has 9 nitrogen and oxygen atoms in total. The molecule has 0 radical (unpaired) electrons. The Bertz CT molecular complexity index is 1060. The van der Waals surface area contributed by atoms with Crippen molar-refractivity contribution >= 4 is 17.9 Å². The first-order valence-corrected chi connectivity index (χ1v) is 9.74. The number of carbonyl (C=O) groups is 1. The lowest BCUT2D eigenvalue weighted by atomic mass is 9.87. The van der Waals surface area contributed by atoms with E-state index in [0.717, 1.165) is 11.1 Å². The Morgan fingerprint density at radius 2 is 2.07 bits per heavy atom. The number of aromatic nitrogens is 4. The van der Waals surface area contributed by atoms with Crippen molar-refractivity contribution in [2.45, 2.75) is 40.3 Å². The molecule has 1 fully saturated rings. The number of amides is 1. The topological polar surface area (TPSA) is 106 Å². The van der Waals surface area contributed by atoms with Gasteiger partial charge >= 0.3 is 6.09 Å². The van der Waals surface area contributed by atoms with Gasteiger partial charge in [-0.1, -0.05) is 49.7 Å². The Labute approximate surface area is 174 Å². The molecule has 1 amide bonds. The van der Waals surface area contributed by atoms with E-state index in [0.29, 0.717) is 30.1 Å². The minimum atomic E-state index is -0.403. The highest BCUT2D eigenvalue weighted by Gasteiger charge is 2.42. The minimum absolute atomic E-state index is 0.111. The first kappa shape index (κ1) is 19.8. The van der Waals surface area contributed by atoms with Crippen LogP contribution in [0.4, 0.5) is 16.6 Å². The van der Waals surface area contributed by atoms with Gasteiger partial charge in [0.2, 0.25) is 17.7 Å². The number of rotatable bonds is 5. The molecule has 1 aliphatic rings. The van der Waals surface area contributed by atoms with Crippen molar-refractivity contribution in [3.8, 4) is 11.4 Å². The smallest absolute Gasteiger partial charge is 0.415 e. The van der Waals surface area contributed by atoms with E-state index < -0.39 is 6.09 Å². The molecule has 4 rings (SSSR count). The van der Waals surface area contributed by atoms with E-state index in [1.54, 1.807) is 17.2 Å². The maximum atomic E-state index is 12.3. The van der Waals surface area contributed by atoms with E-state index in [-0.39, 0.29) is 18.0 Å². The number of anilines is 2. The number of cyclic esters (lactones) is 1. The quantitative estimate of drug-likeness (QED) is 0.679. The Morgan fingerprint density at radius 3 is 2.83 bits per heavy atom. The summed E-state index contributed by atoms with van der Waals surface area (Å²) in [6.07, 6.45) is 1.20. The van der Waals surface area contributed by atoms with E-state index in [1.807, 2.05) is 31.2 Å². The van der Waals surface area contributed by atoms with Gasteiger partial charge in [0.15, 0.2) is 0 Å². The van der Waals surface area contributed by atoms with Crippen molar-refractivity contribution in [2.24, 2.45) is 5.41 Å². The average Bonchev–Trinajstić information content (AvgIpc) is 3.33. The third-order valence-corrected chi connectivity index (χ3v) is 4.90. The Hall–Kier alpha value is -3.49. The number of hydrogen-bond acceptors (Lipinski definition) is 8. The minimum Gasteiger partial charge on any atom is -0.447 e. The van der Waals surface area contributed by atoms with Crippen LogP contribution in [0.5, 0.6) is 0 Å². The van der Waals surface area contributed by atoms with Gasteiger partial charge in [-0.2, -0.15) is 9.97 Å². The van der Waals surface area contributed by atoms with Crippen LogP contribution in [0.2, 0.25) is 0 Å². The predicted molar refractivity (Wildman–Crippen MR) is 111 cm³/mol. The molecule has 3 heterocycles. The first-order valence-electron chi connectivity index (χ1n) is 9.74. The van der Waals surface area contributed by atoms with Crippen LogP contribution in [0.25, 0.3) is 11.4 Å². The van der Waals surface area contributed by atoms with E-state index in [9.17, 15) is 4.79 Å². The summed E-state index contributed by atoms with van der Waals surface area (Å²) in [6.45, 7) is 8.79. The number of carbonyl (C=O) groups excluding carboxylic acids is 1. The van der Waals surface area contributed by atoms with Crippen LogP contribution in [0.3, 0.4) is 0 Å². The number of benzene rings is 1. The normalized spacial score (nSPS) is 16.6. The number of aryl methyl sites for hydroxylation is 1. The Kier molecular flexibility index (Phi) is 5.11. The standard InChI is InChI=1S/C21H24N6O3/c1-13-6-5-7-14(10-13)18-25-17(30-26-18)11-23-19-22-9-8-16(24-19)27-15(21(2,3)4)12-29-20(27)28/h5-10,15H,11-12H2,1-4H3,(H,22,23,24). The van der Waals surface area contributed by atoms with Crippen LogP contribution in [0.1, 0.15) is 32.2 Å². The molecule has 2 aromatic heterocycles. The fourth-order valence-corrected chi connectivity index (χ4v) is 3.26. The second kappa shape index (κ2) is 7.74. The lowest BCUT2D eigenvalue weighted by Gasteiger charge is -2.31. The molecule has 0 saturated carbocycles. The van der Waals surface area contributed by atoms with E-state index in [4.69, 9.17) is 9.26 Å². The first-order chi connectivity index (χ1) is 14.3. The lowest BCUT2D eigenvalue weighted by molar-refractivity contribution is 0.172. The van der Waals surface area contributed by atoms with Crippen molar-refractivity contribution in [3.05, 3.63) is 48.0 Å². The van der Waals surface area contributed by atoms with Gasteiger partial charge in [0.05, 0.1) is 12.6 Å². The zero-order valence-corrected chi connectivity index (χ0v) is 17.4. The molecule has 0 aliphatic carbocycles. The molecule has 3 aromatic rings. The van der Waals surface area contributed by atoms with Gasteiger partial charge in [-0.05, 0) is 24.5 Å². The van der Waals surface area contributed by atoms with Gasteiger partial charge in [0.25, 0.3) is 0 Å². The maximum Gasteiger partial charge on any atom is 0.415 e. The van der Waals surface area contributed by atoms with Crippen molar-refractivity contribution in [1.82, 2.24) is 20.1 Å². The fraction of sp³-hybridized carbons (Fsp3) is 0.381. The molecule has 0 spiro atoms. The second-order valence-corrected chi connectivity index (χ2v) is 8.30. The van der Waals surface area contributed by atoms with Gasteiger partial charge in [0, 0.05) is 11.8 Å². The Balaban J connectivity index is 1.47. The van der Waals surface area contributed by atoms with Crippen molar-refractivity contribution in [3.63, 3.8) is 0 Å². The molecule has 9 heteroatoms. The van der Waals surface area contributed by atoms with Crippen LogP contribution in [0, 0.1) is 12.3 Å². The van der Waals surface area contributed by atoms with Gasteiger partial charge in [-0.3, -0.25) is 4.90 Å². The summed E-state index contributed by atoms with van der Waals surface area (Å²) in [7, 11) is 0. The summed E-state index contributed by atoms with van der Waals surface area (Å²) in [5, 5.41) is 7.10. The predicted octanol–water partition coefficient (Wildman–Crippen LogP) is 3.82. The van der Waals surface area contributed by atoms with Gasteiger partial charge < -0.3 is 14.6 Å². The summed E-state index contributed by atoms with van der Waals surface area (Å²) >= 11 is 0. The van der Waals surface area contributed by atoms with Crippen molar-refractivity contribution in [1.29, 1.82) is 0 Å². The average molecular weight is 408 g/mol. The fourth-order valence-electron chi connectivity index (χ4n) is 3.26. The van der Waals surface area contributed by atoms with E-state index >= 15 is 0 Å². The summed E-state index contributed by atoms with van der Waals surface area (Å²) in [5.74, 6) is 1.78. The molecule has 1 atom stereocenters. The SMILES string of the molecule is Cc1cccc(-c2noc(CNc3nccc(N4C(=O)OCC4C(C)(C)C)n3)n2)c1. The summed E-state index contributed by atoms with van der Waals surface area (Å²) in [6, 6.07) is 9.47. The monoisotopic (exact) mass is 408 g/mol. The van der Waals surface area contributed by atoms with Gasteiger partial charge in [-0.25, -0.2) is 9.78 Å². The molecule has 1 N–H and O–H groups in total. The number of hydrogen-bond donors (Lipinski definition) is 1. The molecule has 1 unspecified atom stereocenters. The highest BCUT2D eigenvalue weighted by molar-refractivity contribution is 5.89. The lowest BCUT2D eigenvalue weighted by Crippen LogP contribution is -2.43. The van der Waals surface area contributed by atoms with Crippen molar-refractivity contribution < 1.29 is 14.1 Å². The van der Waals surface area contributed by atoms with Crippen LogP contribution in [0.15, 0.2) is 41.1 Å². The van der Waals surface area contributed by atoms with Crippen molar-refractivity contribution in [2.75, 3.05) is 16.8 Å². The highest BCUT2D eigenvalue weighted by Crippen LogP contribution is 2.32. The third kappa shape index (κ3) is 4.10. The highest BCUT2D eigenvalue weighted by atomic mass is 16.6. The number of nitrogens with zero attached hydrogens (tertiary/aromatic N) is 5. The molecular weight excluding hydrogens is 384 g/mol. The largest absolute Gasteiger partial charge is 0.447 e. The molecular formula is C21H24N6O3. The van der Waals surface area contributed by atoms with Crippen LogP contribution in [-0.4, -0.2) is 38.9 Å². The second-order valence-electron chi connectivity index (χ2n) is 8.30. The van der Waals surface area contributed by atoms with E-state index in [2.05, 4.69) is 46.2 Å². The molecule has 1 aromatic carbocycles. The van der Waals surface area contributed by atoms with Crippen LogP contribution in [-0.2, 0) is 11.3 Å². The molecule has 0 bridgehead atoms. The summed E-state index contributed by atoms with van der Waals surface area (Å²) in [4.78, 5) is 27.0. The Morgan fingerprint density at radius 1 is 1.23 bits per heavy atom. The molecule has 1 aliphatic heterocycles. The molecule has 30 heavy (non-hydrogen) atoms. The maximum absolute atomic E-state index is 12.3. The van der Waals surface area contributed by atoms with Gasteiger partial charge in [0.1, 0.15) is 12.4 Å². The zero-order valence-electron chi connectivity index (χ0n) is 17.4. The molecule has 1 saturated heterocycles. The van der Waals surface area contributed by atoms with Crippen LogP contribution < -0.4 is 10.2 Å². The molecule has 156 valence electrons. The zero-order chi connectivity index (χ0) is 21.3.